The van der Waals surface area contributed by atoms with Crippen molar-refractivity contribution in [3.05, 3.63) is 28.7 Å². The van der Waals surface area contributed by atoms with E-state index in [1.165, 1.54) is 0 Å². The molecule has 94 valence electrons. The van der Waals surface area contributed by atoms with Gasteiger partial charge in [-0.15, -0.1) is 20.4 Å². The third-order valence-corrected chi connectivity index (χ3v) is 2.50. The first-order valence-corrected chi connectivity index (χ1v) is 6.02. The van der Waals surface area contributed by atoms with Crippen molar-refractivity contribution >= 4 is 33.5 Å². The zero-order valence-electron chi connectivity index (χ0n) is 9.34. The van der Waals surface area contributed by atoms with Crippen LogP contribution in [-0.4, -0.2) is 38.7 Å². The van der Waals surface area contributed by atoms with E-state index >= 15 is 0 Å². The van der Waals surface area contributed by atoms with Crippen LogP contribution in [0.3, 0.4) is 0 Å². The topological polar surface area (TPSA) is 95.8 Å². The first-order valence-electron chi connectivity index (χ1n) is 5.22. The van der Waals surface area contributed by atoms with Crippen LogP contribution in [0.2, 0.25) is 0 Å². The molecule has 2 aromatic rings. The Morgan fingerprint density at radius 3 is 2.22 bits per heavy atom. The summed E-state index contributed by atoms with van der Waals surface area (Å²) in [5.74, 6) is 0.595. The van der Waals surface area contributed by atoms with Gasteiger partial charge in [0.05, 0.1) is 6.61 Å². The highest BCUT2D eigenvalue weighted by Crippen LogP contribution is 2.16. The van der Waals surface area contributed by atoms with Gasteiger partial charge in [-0.1, -0.05) is 15.9 Å². The number of aliphatic hydroxyl groups is 1. The smallest absolute Gasteiger partial charge is 0.266 e. The third kappa shape index (κ3) is 3.60. The highest BCUT2D eigenvalue weighted by atomic mass is 79.9. The molecule has 0 spiro atoms. The minimum atomic E-state index is 0.00224. The molecule has 0 atom stereocenters. The van der Waals surface area contributed by atoms with E-state index in [9.17, 15) is 0 Å². The predicted molar refractivity (Wildman–Crippen MR) is 70.6 cm³/mol. The van der Waals surface area contributed by atoms with E-state index in [2.05, 4.69) is 47.0 Å². The van der Waals surface area contributed by atoms with Gasteiger partial charge >= 0.3 is 0 Å². The summed E-state index contributed by atoms with van der Waals surface area (Å²) in [7, 11) is 0. The quantitative estimate of drug-likeness (QED) is 0.763. The Hall–Kier alpha value is -1.80. The molecule has 0 unspecified atom stereocenters. The number of halogens is 1. The molecular formula is C10H11BrN6O. The van der Waals surface area contributed by atoms with E-state index in [4.69, 9.17) is 5.11 Å². The SMILES string of the molecule is OCCNc1nnc(Nc2ccc(Br)cc2)nn1. The van der Waals surface area contributed by atoms with Crippen LogP contribution in [0.4, 0.5) is 17.6 Å². The molecule has 0 saturated heterocycles. The van der Waals surface area contributed by atoms with Crippen LogP contribution >= 0.6 is 15.9 Å². The Morgan fingerprint density at radius 1 is 1.00 bits per heavy atom. The second-order valence-corrected chi connectivity index (χ2v) is 4.25. The average Bonchev–Trinajstić information content (AvgIpc) is 2.41. The van der Waals surface area contributed by atoms with Gasteiger partial charge < -0.3 is 15.7 Å². The van der Waals surface area contributed by atoms with Crippen LogP contribution in [0, 0.1) is 0 Å². The van der Waals surface area contributed by atoms with Crippen molar-refractivity contribution in [1.29, 1.82) is 0 Å². The maximum absolute atomic E-state index is 8.62. The summed E-state index contributed by atoms with van der Waals surface area (Å²) >= 11 is 3.35. The highest BCUT2D eigenvalue weighted by Gasteiger charge is 2.01. The lowest BCUT2D eigenvalue weighted by Gasteiger charge is -2.04. The largest absolute Gasteiger partial charge is 0.395 e. The maximum atomic E-state index is 8.62. The number of aliphatic hydroxyl groups excluding tert-OH is 1. The molecule has 18 heavy (non-hydrogen) atoms. The van der Waals surface area contributed by atoms with Gasteiger partial charge in [-0.05, 0) is 24.3 Å². The standard InChI is InChI=1S/C10H11BrN6O/c11-7-1-3-8(4-2-7)13-10-16-14-9(15-17-10)12-5-6-18/h1-4,18H,5-6H2,(H,12,14,15)(H,13,16,17). The van der Waals surface area contributed by atoms with Crippen LogP contribution in [0.25, 0.3) is 0 Å². The molecule has 0 aliphatic carbocycles. The maximum Gasteiger partial charge on any atom is 0.266 e. The second kappa shape index (κ2) is 6.22. The molecular weight excluding hydrogens is 300 g/mol. The van der Waals surface area contributed by atoms with Crippen molar-refractivity contribution in [2.24, 2.45) is 0 Å². The van der Waals surface area contributed by atoms with Crippen LogP contribution < -0.4 is 10.6 Å². The van der Waals surface area contributed by atoms with E-state index in [-0.39, 0.29) is 12.6 Å². The first kappa shape index (κ1) is 12.7. The molecule has 1 heterocycles. The molecule has 0 fully saturated rings. The Bertz CT molecular complexity index is 489. The fourth-order valence-corrected chi connectivity index (χ4v) is 1.44. The van der Waals surface area contributed by atoms with Gasteiger partial charge in [0.15, 0.2) is 0 Å². The Kier molecular flexibility index (Phi) is 4.37. The fourth-order valence-electron chi connectivity index (χ4n) is 1.18. The molecule has 0 amide bonds. The van der Waals surface area contributed by atoms with E-state index in [1.807, 2.05) is 24.3 Å². The van der Waals surface area contributed by atoms with Gasteiger partial charge in [0.2, 0.25) is 0 Å². The summed E-state index contributed by atoms with van der Waals surface area (Å²) in [5, 5.41) is 29.7. The van der Waals surface area contributed by atoms with Crippen molar-refractivity contribution in [3.8, 4) is 0 Å². The normalized spacial score (nSPS) is 10.1. The van der Waals surface area contributed by atoms with Gasteiger partial charge in [0, 0.05) is 16.7 Å². The highest BCUT2D eigenvalue weighted by molar-refractivity contribution is 9.10. The molecule has 1 aromatic heterocycles. The zero-order valence-corrected chi connectivity index (χ0v) is 10.9. The minimum absolute atomic E-state index is 0.00224. The Morgan fingerprint density at radius 2 is 1.61 bits per heavy atom. The van der Waals surface area contributed by atoms with Crippen LogP contribution in [-0.2, 0) is 0 Å². The molecule has 0 saturated carbocycles. The van der Waals surface area contributed by atoms with Crippen molar-refractivity contribution in [3.63, 3.8) is 0 Å². The van der Waals surface area contributed by atoms with Gasteiger partial charge in [0.25, 0.3) is 11.9 Å². The van der Waals surface area contributed by atoms with Gasteiger partial charge in [0.1, 0.15) is 0 Å². The van der Waals surface area contributed by atoms with Crippen LogP contribution in [0.5, 0.6) is 0 Å². The van der Waals surface area contributed by atoms with E-state index in [0.29, 0.717) is 12.5 Å². The molecule has 8 heteroatoms. The molecule has 1 aromatic carbocycles. The number of nitrogens with one attached hydrogen (secondary N) is 2. The molecule has 0 aliphatic heterocycles. The predicted octanol–water partition coefficient (Wildman–Crippen LogP) is 1.18. The van der Waals surface area contributed by atoms with Crippen molar-refractivity contribution in [2.45, 2.75) is 0 Å². The molecule has 0 bridgehead atoms. The molecule has 0 aliphatic rings. The lowest BCUT2D eigenvalue weighted by atomic mass is 10.3. The Balaban J connectivity index is 1.99. The summed E-state index contributed by atoms with van der Waals surface area (Å²) in [5.41, 5.74) is 0.845. The molecule has 7 nitrogen and oxygen atoms in total. The Labute approximate surface area is 112 Å². The molecule has 2 rings (SSSR count). The summed E-state index contributed by atoms with van der Waals surface area (Å²) in [4.78, 5) is 0. The van der Waals surface area contributed by atoms with Gasteiger partial charge in [-0.3, -0.25) is 0 Å². The second-order valence-electron chi connectivity index (χ2n) is 3.33. The van der Waals surface area contributed by atoms with E-state index in [0.717, 1.165) is 10.2 Å². The number of benzene rings is 1. The number of nitrogens with zero attached hydrogens (tertiary/aromatic N) is 4. The van der Waals surface area contributed by atoms with Crippen molar-refractivity contribution < 1.29 is 5.11 Å². The monoisotopic (exact) mass is 310 g/mol. The number of hydrogen-bond donors (Lipinski definition) is 3. The minimum Gasteiger partial charge on any atom is -0.395 e. The van der Waals surface area contributed by atoms with Gasteiger partial charge in [-0.2, -0.15) is 0 Å². The number of aromatic nitrogens is 4. The fraction of sp³-hybridized carbons (Fsp3) is 0.200. The zero-order chi connectivity index (χ0) is 12.8. The molecule has 3 N–H and O–H groups in total. The summed E-state index contributed by atoms with van der Waals surface area (Å²) in [6, 6.07) is 7.57. The first-order chi connectivity index (χ1) is 8.78. The van der Waals surface area contributed by atoms with Crippen molar-refractivity contribution in [2.75, 3.05) is 23.8 Å². The van der Waals surface area contributed by atoms with E-state index in [1.54, 1.807) is 0 Å². The van der Waals surface area contributed by atoms with Crippen molar-refractivity contribution in [1.82, 2.24) is 20.4 Å². The van der Waals surface area contributed by atoms with E-state index < -0.39 is 0 Å². The third-order valence-electron chi connectivity index (χ3n) is 1.97. The summed E-state index contributed by atoms with van der Waals surface area (Å²) in [6.07, 6.45) is 0. The lowest BCUT2D eigenvalue weighted by molar-refractivity contribution is 0.310. The number of anilines is 3. The van der Waals surface area contributed by atoms with Gasteiger partial charge in [-0.25, -0.2) is 0 Å². The molecule has 0 radical (unpaired) electrons. The summed E-state index contributed by atoms with van der Waals surface area (Å²) < 4.78 is 0.994. The average molecular weight is 311 g/mol. The number of hydrogen-bond acceptors (Lipinski definition) is 7. The lowest BCUT2D eigenvalue weighted by Crippen LogP contribution is -2.11. The van der Waals surface area contributed by atoms with Crippen LogP contribution in [0.15, 0.2) is 28.7 Å². The number of rotatable bonds is 5. The van der Waals surface area contributed by atoms with Crippen LogP contribution in [0.1, 0.15) is 0 Å². The summed E-state index contributed by atoms with van der Waals surface area (Å²) in [6.45, 7) is 0.366.